The van der Waals surface area contributed by atoms with Crippen LogP contribution in [-0.4, -0.2) is 11.6 Å². The van der Waals surface area contributed by atoms with Crippen molar-refractivity contribution in [3.05, 3.63) is 21.9 Å². The molecule has 3 rings (SSSR count). The van der Waals surface area contributed by atoms with Gasteiger partial charge in [-0.1, -0.05) is 6.92 Å². The number of amides is 1. The van der Waals surface area contributed by atoms with Gasteiger partial charge in [0.25, 0.3) is 5.91 Å². The number of hydrogen-bond donors (Lipinski definition) is 1. The highest BCUT2D eigenvalue weighted by molar-refractivity contribution is 7.10. The molecule has 2 bridgehead atoms. The Bertz CT molecular complexity index is 492. The molecule has 1 N–H and O–H groups in total. The fraction of sp³-hybridized carbons (Fsp3) is 0.571. The number of aryl methyl sites for hydroxylation is 1. The van der Waals surface area contributed by atoms with Crippen LogP contribution in [0, 0.1) is 11.8 Å². The Kier molecular flexibility index (Phi) is 3.20. The van der Waals surface area contributed by atoms with Crippen LogP contribution in [-0.2, 0) is 6.42 Å². The monoisotopic (exact) mass is 262 g/mol. The molecule has 18 heavy (non-hydrogen) atoms. The standard InChI is InChI=1S/C14H18N2OS/c1-2-12-7-11(8-18-12)14(17)16-15-13-6-9-3-4-10(13)5-9/h7-10H,2-6H2,1H3,(H,16,17)/b15-13+/t9-,10-/m0/s1. The first-order chi connectivity index (χ1) is 8.76. The minimum atomic E-state index is -0.0683. The van der Waals surface area contributed by atoms with E-state index in [2.05, 4.69) is 17.5 Å². The lowest BCUT2D eigenvalue weighted by molar-refractivity contribution is 0.0955. The summed E-state index contributed by atoms with van der Waals surface area (Å²) in [5, 5.41) is 6.25. The minimum absolute atomic E-state index is 0.0683. The van der Waals surface area contributed by atoms with Gasteiger partial charge in [0.05, 0.1) is 5.56 Å². The summed E-state index contributed by atoms with van der Waals surface area (Å²) in [7, 11) is 0. The summed E-state index contributed by atoms with van der Waals surface area (Å²) in [6, 6.07) is 1.96. The SMILES string of the molecule is CCc1cc(C(=O)N/N=C2\C[C@H]3CC[C@H]2C3)cs1. The molecule has 1 heterocycles. The third kappa shape index (κ3) is 2.21. The van der Waals surface area contributed by atoms with Crippen LogP contribution in [0.1, 0.15) is 47.8 Å². The van der Waals surface area contributed by atoms with E-state index < -0.39 is 0 Å². The molecule has 0 spiro atoms. The lowest BCUT2D eigenvalue weighted by atomic mass is 9.99. The molecule has 2 fully saturated rings. The van der Waals surface area contributed by atoms with E-state index in [9.17, 15) is 4.79 Å². The molecule has 2 saturated carbocycles. The zero-order valence-electron chi connectivity index (χ0n) is 10.6. The van der Waals surface area contributed by atoms with Gasteiger partial charge in [-0.05, 0) is 50.0 Å². The lowest BCUT2D eigenvalue weighted by Crippen LogP contribution is -2.21. The highest BCUT2D eigenvalue weighted by Gasteiger charge is 2.36. The van der Waals surface area contributed by atoms with Crippen LogP contribution in [0.25, 0.3) is 0 Å². The van der Waals surface area contributed by atoms with Gasteiger partial charge in [0, 0.05) is 16.0 Å². The first-order valence-corrected chi connectivity index (χ1v) is 7.58. The summed E-state index contributed by atoms with van der Waals surface area (Å²) in [4.78, 5) is 13.2. The second-order valence-corrected chi connectivity index (χ2v) is 6.28. The van der Waals surface area contributed by atoms with Crippen molar-refractivity contribution in [3.8, 4) is 0 Å². The van der Waals surface area contributed by atoms with Crippen molar-refractivity contribution >= 4 is 23.0 Å². The third-order valence-corrected chi connectivity index (χ3v) is 5.16. The minimum Gasteiger partial charge on any atom is -0.267 e. The normalized spacial score (nSPS) is 27.9. The molecule has 1 amide bonds. The summed E-state index contributed by atoms with van der Waals surface area (Å²) in [6.45, 7) is 2.10. The Balaban J connectivity index is 1.63. The van der Waals surface area contributed by atoms with E-state index in [0.29, 0.717) is 5.92 Å². The van der Waals surface area contributed by atoms with E-state index in [1.54, 1.807) is 11.3 Å². The number of rotatable bonds is 3. The van der Waals surface area contributed by atoms with E-state index in [1.807, 2.05) is 11.4 Å². The number of carbonyl (C=O) groups excluding carboxylic acids is 1. The lowest BCUT2D eigenvalue weighted by Gasteiger charge is -2.11. The van der Waals surface area contributed by atoms with Crippen molar-refractivity contribution in [1.29, 1.82) is 0 Å². The molecule has 2 aliphatic carbocycles. The number of thiophene rings is 1. The molecule has 1 aromatic rings. The predicted molar refractivity (Wildman–Crippen MR) is 74.0 cm³/mol. The maximum Gasteiger partial charge on any atom is 0.272 e. The Morgan fingerprint density at radius 2 is 2.44 bits per heavy atom. The van der Waals surface area contributed by atoms with Gasteiger partial charge in [0.15, 0.2) is 0 Å². The van der Waals surface area contributed by atoms with Gasteiger partial charge in [0.1, 0.15) is 0 Å². The number of hydrogen-bond acceptors (Lipinski definition) is 3. The molecule has 0 radical (unpaired) electrons. The van der Waals surface area contributed by atoms with Crippen molar-refractivity contribution in [2.75, 3.05) is 0 Å². The summed E-state index contributed by atoms with van der Waals surface area (Å²) in [5.41, 5.74) is 4.67. The Labute approximate surface area is 111 Å². The van der Waals surface area contributed by atoms with E-state index in [-0.39, 0.29) is 5.91 Å². The molecule has 0 saturated heterocycles. The van der Waals surface area contributed by atoms with E-state index >= 15 is 0 Å². The molecular formula is C14H18N2OS. The second kappa shape index (κ2) is 4.84. The van der Waals surface area contributed by atoms with Crippen LogP contribution in [0.4, 0.5) is 0 Å². The first kappa shape index (κ1) is 11.9. The first-order valence-electron chi connectivity index (χ1n) is 6.70. The Morgan fingerprint density at radius 1 is 1.56 bits per heavy atom. The number of nitrogens with one attached hydrogen (secondary N) is 1. The molecule has 0 unspecified atom stereocenters. The molecule has 0 aromatic carbocycles. The van der Waals surface area contributed by atoms with Crippen LogP contribution < -0.4 is 5.43 Å². The molecule has 1 aromatic heterocycles. The van der Waals surface area contributed by atoms with Crippen molar-refractivity contribution in [2.45, 2.75) is 39.0 Å². The Hall–Kier alpha value is -1.16. The second-order valence-electron chi connectivity index (χ2n) is 5.28. The quantitative estimate of drug-likeness (QED) is 0.835. The molecule has 4 heteroatoms. The third-order valence-electron chi connectivity index (χ3n) is 4.08. The highest BCUT2D eigenvalue weighted by atomic mass is 32.1. The van der Waals surface area contributed by atoms with Gasteiger partial charge < -0.3 is 0 Å². The van der Waals surface area contributed by atoms with Crippen molar-refractivity contribution in [1.82, 2.24) is 5.43 Å². The number of fused-ring (bicyclic) bond motifs is 2. The number of hydrazone groups is 1. The maximum atomic E-state index is 11.9. The van der Waals surface area contributed by atoms with Crippen molar-refractivity contribution in [3.63, 3.8) is 0 Å². The van der Waals surface area contributed by atoms with Gasteiger partial charge in [0.2, 0.25) is 0 Å². The fourth-order valence-electron chi connectivity index (χ4n) is 3.03. The van der Waals surface area contributed by atoms with Crippen LogP contribution in [0.15, 0.2) is 16.5 Å². The smallest absolute Gasteiger partial charge is 0.267 e. The van der Waals surface area contributed by atoms with Gasteiger partial charge in [-0.3, -0.25) is 4.79 Å². The highest BCUT2D eigenvalue weighted by Crippen LogP contribution is 2.42. The van der Waals surface area contributed by atoms with Crippen LogP contribution in [0.5, 0.6) is 0 Å². The largest absolute Gasteiger partial charge is 0.272 e. The molecule has 2 atom stereocenters. The van der Waals surface area contributed by atoms with Gasteiger partial charge in [-0.25, -0.2) is 5.43 Å². The average Bonchev–Trinajstić information content (AvgIpc) is 3.10. The fourth-order valence-corrected chi connectivity index (χ4v) is 3.85. The van der Waals surface area contributed by atoms with Gasteiger partial charge in [-0.2, -0.15) is 5.10 Å². The van der Waals surface area contributed by atoms with E-state index in [0.717, 1.165) is 24.3 Å². The molecule has 2 aliphatic rings. The number of carbonyl (C=O) groups is 1. The molecular weight excluding hydrogens is 244 g/mol. The van der Waals surface area contributed by atoms with Crippen molar-refractivity contribution < 1.29 is 4.79 Å². The zero-order valence-corrected chi connectivity index (χ0v) is 11.4. The van der Waals surface area contributed by atoms with Crippen LogP contribution in [0.3, 0.4) is 0 Å². The van der Waals surface area contributed by atoms with Crippen LogP contribution in [0.2, 0.25) is 0 Å². The summed E-state index contributed by atoms with van der Waals surface area (Å²) < 4.78 is 0. The average molecular weight is 262 g/mol. The van der Waals surface area contributed by atoms with Crippen molar-refractivity contribution in [2.24, 2.45) is 16.9 Å². The van der Waals surface area contributed by atoms with E-state index in [4.69, 9.17) is 0 Å². The summed E-state index contributed by atoms with van der Waals surface area (Å²) >= 11 is 1.64. The predicted octanol–water partition coefficient (Wildman–Crippen LogP) is 3.22. The Morgan fingerprint density at radius 3 is 3.06 bits per heavy atom. The topological polar surface area (TPSA) is 41.5 Å². The molecule has 0 aliphatic heterocycles. The summed E-state index contributed by atoms with van der Waals surface area (Å²) in [6.07, 6.45) is 5.97. The zero-order chi connectivity index (χ0) is 12.5. The molecule has 96 valence electrons. The van der Waals surface area contributed by atoms with Crippen LogP contribution >= 0.6 is 11.3 Å². The number of nitrogens with zero attached hydrogens (tertiary/aromatic N) is 1. The van der Waals surface area contributed by atoms with Gasteiger partial charge in [-0.15, -0.1) is 11.3 Å². The maximum absolute atomic E-state index is 11.9. The van der Waals surface area contributed by atoms with Gasteiger partial charge >= 0.3 is 0 Å². The summed E-state index contributed by atoms with van der Waals surface area (Å²) in [5.74, 6) is 1.41. The van der Waals surface area contributed by atoms with E-state index in [1.165, 1.54) is 29.9 Å². The molecule has 3 nitrogen and oxygen atoms in total.